The second-order valence-corrected chi connectivity index (χ2v) is 4.08. The Kier molecular flexibility index (Phi) is 4.21. The Balaban J connectivity index is 2.75. The summed E-state index contributed by atoms with van der Waals surface area (Å²) in [5, 5.41) is 9.23. The number of aldehydes is 1. The van der Waals surface area contributed by atoms with Crippen LogP contribution < -0.4 is 0 Å². The molecule has 20 heavy (non-hydrogen) atoms. The van der Waals surface area contributed by atoms with Gasteiger partial charge in [0.1, 0.15) is 11.6 Å². The summed E-state index contributed by atoms with van der Waals surface area (Å²) in [4.78, 5) is 22.4. The number of rotatable bonds is 4. The van der Waals surface area contributed by atoms with Crippen molar-refractivity contribution >= 4 is 17.6 Å². The van der Waals surface area contributed by atoms with Crippen molar-refractivity contribution in [3.05, 3.63) is 77.4 Å². The van der Waals surface area contributed by atoms with Gasteiger partial charge in [-0.1, -0.05) is 60.7 Å². The third-order valence-electron chi connectivity index (χ3n) is 2.84. The van der Waals surface area contributed by atoms with Crippen molar-refractivity contribution in [1.82, 2.24) is 0 Å². The molecule has 0 amide bonds. The van der Waals surface area contributed by atoms with E-state index in [1.807, 2.05) is 42.5 Å². The molecule has 0 aliphatic carbocycles. The molecule has 0 radical (unpaired) electrons. The van der Waals surface area contributed by atoms with E-state index in [1.54, 1.807) is 24.3 Å². The Bertz CT molecular complexity index is 653. The second kappa shape index (κ2) is 6.26. The van der Waals surface area contributed by atoms with Crippen molar-refractivity contribution in [2.24, 2.45) is 0 Å². The zero-order valence-corrected chi connectivity index (χ0v) is 10.6. The van der Waals surface area contributed by atoms with E-state index in [2.05, 4.69) is 0 Å². The van der Waals surface area contributed by atoms with E-state index in [-0.39, 0.29) is 11.9 Å². The summed E-state index contributed by atoms with van der Waals surface area (Å²) in [6, 6.07) is 20.0. The fraction of sp³-hybridized carbons (Fsp3) is 0. The fourth-order valence-electron chi connectivity index (χ4n) is 1.96. The Hall–Kier alpha value is -2.99. The molecule has 0 saturated carbocycles. The zero-order valence-electron chi connectivity index (χ0n) is 10.6. The first kappa shape index (κ1) is 13.4. The van der Waals surface area contributed by atoms with Crippen LogP contribution in [0.25, 0.3) is 5.57 Å². The van der Waals surface area contributed by atoms with Crippen LogP contribution in [0.3, 0.4) is 0 Å². The first-order valence-corrected chi connectivity index (χ1v) is 6.02. The first-order chi connectivity index (χ1) is 9.77. The van der Waals surface area contributed by atoms with Gasteiger partial charge in [-0.05, 0) is 11.1 Å². The first-order valence-electron chi connectivity index (χ1n) is 6.02. The van der Waals surface area contributed by atoms with Gasteiger partial charge in [-0.25, -0.2) is 0 Å². The molecule has 0 spiro atoms. The van der Waals surface area contributed by atoms with Gasteiger partial charge >= 0.3 is 0 Å². The van der Waals surface area contributed by atoms with Gasteiger partial charge in [-0.15, -0.1) is 0 Å². The van der Waals surface area contributed by atoms with E-state index < -0.39 is 5.78 Å². The van der Waals surface area contributed by atoms with E-state index in [1.165, 1.54) is 0 Å². The molecule has 0 atom stereocenters. The number of benzene rings is 2. The van der Waals surface area contributed by atoms with Gasteiger partial charge in [0.2, 0.25) is 5.78 Å². The highest BCUT2D eigenvalue weighted by Crippen LogP contribution is 2.26. The van der Waals surface area contributed by atoms with Gasteiger partial charge in [-0.2, -0.15) is 5.26 Å². The van der Waals surface area contributed by atoms with E-state index >= 15 is 0 Å². The van der Waals surface area contributed by atoms with Crippen LogP contribution in [0.1, 0.15) is 11.1 Å². The summed E-state index contributed by atoms with van der Waals surface area (Å²) in [5.41, 5.74) is 1.79. The molecule has 0 aliphatic heterocycles. The van der Waals surface area contributed by atoms with Gasteiger partial charge in [0.25, 0.3) is 0 Å². The van der Waals surface area contributed by atoms with E-state index in [9.17, 15) is 14.9 Å². The summed E-state index contributed by atoms with van der Waals surface area (Å²) < 4.78 is 0. The van der Waals surface area contributed by atoms with Crippen LogP contribution in [0.4, 0.5) is 0 Å². The lowest BCUT2D eigenvalue weighted by Gasteiger charge is -2.09. The summed E-state index contributed by atoms with van der Waals surface area (Å²) in [6.07, 6.45) is 0.171. The van der Waals surface area contributed by atoms with Crippen LogP contribution in [-0.4, -0.2) is 12.1 Å². The number of carbonyl (C=O) groups excluding carboxylic acids is 2. The van der Waals surface area contributed by atoms with Crippen molar-refractivity contribution in [3.8, 4) is 6.07 Å². The summed E-state index contributed by atoms with van der Waals surface area (Å²) in [6.45, 7) is 0. The minimum Gasteiger partial charge on any atom is -0.294 e. The third-order valence-corrected chi connectivity index (χ3v) is 2.84. The van der Waals surface area contributed by atoms with Crippen LogP contribution in [0, 0.1) is 11.3 Å². The number of carbonyl (C=O) groups is 2. The average Bonchev–Trinajstić information content (AvgIpc) is 2.53. The van der Waals surface area contributed by atoms with Crippen LogP contribution in [0.2, 0.25) is 0 Å². The molecule has 0 aliphatic rings. The molecule has 0 heterocycles. The minimum atomic E-state index is -0.810. The molecule has 3 nitrogen and oxygen atoms in total. The molecule has 0 N–H and O–H groups in total. The van der Waals surface area contributed by atoms with Crippen molar-refractivity contribution in [1.29, 1.82) is 5.26 Å². The third kappa shape index (κ3) is 2.70. The molecule has 0 unspecified atom stereocenters. The maximum Gasteiger partial charge on any atom is 0.236 e. The second-order valence-electron chi connectivity index (χ2n) is 4.08. The van der Waals surface area contributed by atoms with Gasteiger partial charge in [-0.3, -0.25) is 9.59 Å². The molecule has 0 fully saturated rings. The molecule has 96 valence electrons. The number of hydrogen-bond donors (Lipinski definition) is 0. The van der Waals surface area contributed by atoms with Crippen molar-refractivity contribution in [2.45, 2.75) is 0 Å². The highest BCUT2D eigenvalue weighted by molar-refractivity contribution is 6.37. The number of nitrogens with zero attached hydrogens (tertiary/aromatic N) is 1. The van der Waals surface area contributed by atoms with Crippen LogP contribution >= 0.6 is 0 Å². The highest BCUT2D eigenvalue weighted by atomic mass is 16.2. The van der Waals surface area contributed by atoms with Crippen molar-refractivity contribution in [2.75, 3.05) is 0 Å². The van der Waals surface area contributed by atoms with E-state index in [0.29, 0.717) is 5.57 Å². The highest BCUT2D eigenvalue weighted by Gasteiger charge is 2.17. The van der Waals surface area contributed by atoms with Crippen molar-refractivity contribution in [3.63, 3.8) is 0 Å². The Labute approximate surface area is 116 Å². The Morgan fingerprint density at radius 3 is 1.70 bits per heavy atom. The van der Waals surface area contributed by atoms with Crippen LogP contribution in [0.5, 0.6) is 0 Å². The smallest absolute Gasteiger partial charge is 0.236 e. The lowest BCUT2D eigenvalue weighted by molar-refractivity contribution is -0.127. The number of Topliss-reactive ketones (excluding diaryl/α,β-unsaturated/α-hetero) is 1. The maximum atomic E-state index is 11.7. The van der Waals surface area contributed by atoms with E-state index in [4.69, 9.17) is 0 Å². The summed E-state index contributed by atoms with van der Waals surface area (Å²) in [7, 11) is 0. The number of hydrogen-bond acceptors (Lipinski definition) is 3. The molecule has 0 saturated heterocycles. The number of nitriles is 1. The summed E-state index contributed by atoms with van der Waals surface area (Å²) >= 11 is 0. The molecule has 0 aromatic heterocycles. The predicted molar refractivity (Wildman–Crippen MR) is 75.6 cm³/mol. The monoisotopic (exact) mass is 261 g/mol. The molecule has 2 aromatic rings. The van der Waals surface area contributed by atoms with Crippen LogP contribution in [-0.2, 0) is 9.59 Å². The summed E-state index contributed by atoms with van der Waals surface area (Å²) in [5.74, 6) is -0.810. The average molecular weight is 261 g/mol. The molecular weight excluding hydrogens is 250 g/mol. The quantitative estimate of drug-likeness (QED) is 0.368. The van der Waals surface area contributed by atoms with Gasteiger partial charge in [0, 0.05) is 5.57 Å². The largest absolute Gasteiger partial charge is 0.294 e. The van der Waals surface area contributed by atoms with E-state index in [0.717, 1.165) is 11.1 Å². The molecule has 2 aromatic carbocycles. The lowest BCUT2D eigenvalue weighted by atomic mass is 9.92. The molecule has 2 rings (SSSR count). The number of allylic oxidation sites excluding steroid dienone is 1. The number of ketones is 1. The zero-order chi connectivity index (χ0) is 14.4. The topological polar surface area (TPSA) is 57.9 Å². The lowest BCUT2D eigenvalue weighted by Crippen LogP contribution is -2.06. The maximum absolute atomic E-state index is 11.7. The van der Waals surface area contributed by atoms with Gasteiger partial charge in [0.15, 0.2) is 6.29 Å². The molecule has 3 heteroatoms. The normalized spacial score (nSPS) is 9.35. The SMILES string of the molecule is N#CC(C(=O)C=O)=C(c1ccccc1)c1ccccc1. The van der Waals surface area contributed by atoms with Crippen molar-refractivity contribution < 1.29 is 9.59 Å². The Morgan fingerprint density at radius 2 is 1.35 bits per heavy atom. The van der Waals surface area contributed by atoms with Gasteiger partial charge < -0.3 is 0 Å². The van der Waals surface area contributed by atoms with Gasteiger partial charge in [0.05, 0.1) is 0 Å². The minimum absolute atomic E-state index is 0.141. The predicted octanol–water partition coefficient (Wildman–Crippen LogP) is 2.78. The van der Waals surface area contributed by atoms with Crippen LogP contribution in [0.15, 0.2) is 66.2 Å². The molecule has 0 bridgehead atoms. The Morgan fingerprint density at radius 1 is 0.900 bits per heavy atom. The fourth-order valence-corrected chi connectivity index (χ4v) is 1.96. The standard InChI is InChI=1S/C17H11NO2/c18-11-15(16(20)12-19)17(13-7-3-1-4-8-13)14-9-5-2-6-10-14/h1-10,12H. The molecular formula is C17H11NO2.